The Hall–Kier alpha value is -1.68. The predicted octanol–water partition coefficient (Wildman–Crippen LogP) is 3.45. The first-order valence-corrected chi connectivity index (χ1v) is 6.46. The van der Waals surface area contributed by atoms with Crippen LogP contribution < -0.4 is 0 Å². The molecule has 0 aliphatic heterocycles. The summed E-state index contributed by atoms with van der Waals surface area (Å²) in [6.07, 6.45) is 1.71. The van der Waals surface area contributed by atoms with E-state index in [1.807, 2.05) is 25.1 Å². The maximum absolute atomic E-state index is 11.1. The Balaban J connectivity index is 2.20. The van der Waals surface area contributed by atoms with Gasteiger partial charge in [-0.2, -0.15) is 0 Å². The summed E-state index contributed by atoms with van der Waals surface area (Å²) in [5, 5.41) is 0.949. The van der Waals surface area contributed by atoms with Crippen LogP contribution in [0.1, 0.15) is 28.7 Å². The zero-order valence-electron chi connectivity index (χ0n) is 10.6. The zero-order chi connectivity index (χ0) is 13.1. The van der Waals surface area contributed by atoms with Gasteiger partial charge in [-0.1, -0.05) is 11.8 Å². The van der Waals surface area contributed by atoms with E-state index in [1.165, 1.54) is 12.5 Å². The highest BCUT2D eigenvalue weighted by molar-refractivity contribution is 7.99. The molecule has 0 aromatic carbocycles. The number of aryl methyl sites for hydroxylation is 2. The summed E-state index contributed by atoms with van der Waals surface area (Å²) in [6, 6.07) is 7.72. The molecule has 2 aromatic rings. The summed E-state index contributed by atoms with van der Waals surface area (Å²) in [4.78, 5) is 20.7. The number of rotatable bonds is 3. The van der Waals surface area contributed by atoms with E-state index in [1.54, 1.807) is 24.0 Å². The third kappa shape index (κ3) is 3.17. The first-order chi connectivity index (χ1) is 8.54. The molecule has 0 atom stereocenters. The maximum Gasteiger partial charge on any atom is 0.178 e. The van der Waals surface area contributed by atoms with Crippen molar-refractivity contribution in [1.82, 2.24) is 9.97 Å². The van der Waals surface area contributed by atoms with Gasteiger partial charge >= 0.3 is 0 Å². The minimum atomic E-state index is -0.0175. The molecular weight excluding hydrogens is 244 g/mol. The monoisotopic (exact) mass is 258 g/mol. The van der Waals surface area contributed by atoms with E-state index in [4.69, 9.17) is 0 Å². The zero-order valence-corrected chi connectivity index (χ0v) is 11.4. The number of ketones is 1. The summed E-state index contributed by atoms with van der Waals surface area (Å²) < 4.78 is 0. The average molecular weight is 258 g/mol. The molecule has 92 valence electrons. The van der Waals surface area contributed by atoms with Gasteiger partial charge in [0.15, 0.2) is 5.78 Å². The van der Waals surface area contributed by atoms with Gasteiger partial charge in [-0.3, -0.25) is 9.78 Å². The Bertz CT molecular complexity index is 559. The lowest BCUT2D eigenvalue weighted by atomic mass is 10.3. The van der Waals surface area contributed by atoms with E-state index < -0.39 is 0 Å². The molecule has 0 bridgehead atoms. The Labute approximate surface area is 111 Å². The molecule has 0 N–H and O–H groups in total. The van der Waals surface area contributed by atoms with Crippen LogP contribution in [-0.4, -0.2) is 15.8 Å². The van der Waals surface area contributed by atoms with Crippen LogP contribution in [0.5, 0.6) is 0 Å². The first kappa shape index (κ1) is 12.8. The van der Waals surface area contributed by atoms with Crippen LogP contribution >= 0.6 is 11.8 Å². The summed E-state index contributed by atoms with van der Waals surface area (Å²) in [5.74, 6) is -0.0175. The molecule has 0 radical (unpaired) electrons. The molecule has 0 amide bonds. The van der Waals surface area contributed by atoms with E-state index in [0.717, 1.165) is 15.6 Å². The van der Waals surface area contributed by atoms with Crippen molar-refractivity contribution >= 4 is 17.5 Å². The van der Waals surface area contributed by atoms with Crippen LogP contribution in [0.2, 0.25) is 0 Å². The summed E-state index contributed by atoms with van der Waals surface area (Å²) in [5.41, 5.74) is 2.69. The molecule has 0 saturated carbocycles. The van der Waals surface area contributed by atoms with Gasteiger partial charge in [0, 0.05) is 23.7 Å². The third-order valence-electron chi connectivity index (χ3n) is 2.39. The highest BCUT2D eigenvalue weighted by atomic mass is 32.2. The first-order valence-electron chi connectivity index (χ1n) is 5.65. The van der Waals surface area contributed by atoms with E-state index in [9.17, 15) is 4.79 Å². The van der Waals surface area contributed by atoms with E-state index in [-0.39, 0.29) is 5.78 Å². The second-order valence-electron chi connectivity index (χ2n) is 4.16. The van der Waals surface area contributed by atoms with Crippen molar-refractivity contribution in [2.45, 2.75) is 30.7 Å². The summed E-state index contributed by atoms with van der Waals surface area (Å²) in [6.45, 7) is 5.55. The fraction of sp³-hybridized carbons (Fsp3) is 0.214. The second-order valence-corrected chi connectivity index (χ2v) is 5.26. The van der Waals surface area contributed by atoms with Gasteiger partial charge in [-0.15, -0.1) is 0 Å². The Morgan fingerprint density at radius 2 is 2.00 bits per heavy atom. The van der Waals surface area contributed by atoms with Crippen molar-refractivity contribution in [1.29, 1.82) is 0 Å². The normalized spacial score (nSPS) is 10.4. The third-order valence-corrected chi connectivity index (χ3v) is 3.29. The number of carbonyl (C=O) groups excluding carboxylic acids is 1. The van der Waals surface area contributed by atoms with Gasteiger partial charge < -0.3 is 0 Å². The Morgan fingerprint density at radius 3 is 2.56 bits per heavy atom. The number of hydrogen-bond donors (Lipinski definition) is 0. The average Bonchev–Trinajstić information content (AvgIpc) is 2.28. The largest absolute Gasteiger partial charge is 0.293 e. The topological polar surface area (TPSA) is 42.9 Å². The second kappa shape index (κ2) is 5.31. The number of pyridine rings is 2. The van der Waals surface area contributed by atoms with E-state index in [0.29, 0.717) is 5.69 Å². The highest BCUT2D eigenvalue weighted by Gasteiger charge is 2.04. The van der Waals surface area contributed by atoms with Crippen molar-refractivity contribution in [2.75, 3.05) is 0 Å². The molecule has 2 heterocycles. The molecule has 0 aliphatic carbocycles. The van der Waals surface area contributed by atoms with Crippen molar-refractivity contribution in [2.24, 2.45) is 0 Å². The van der Waals surface area contributed by atoms with Crippen LogP contribution in [0.25, 0.3) is 0 Å². The molecule has 0 aliphatic rings. The lowest BCUT2D eigenvalue weighted by molar-refractivity contribution is 0.101. The van der Waals surface area contributed by atoms with Gasteiger partial charge in [0.25, 0.3) is 0 Å². The molecule has 2 rings (SSSR count). The molecule has 0 spiro atoms. The van der Waals surface area contributed by atoms with Crippen LogP contribution in [-0.2, 0) is 0 Å². The van der Waals surface area contributed by atoms with Crippen molar-refractivity contribution in [3.8, 4) is 0 Å². The fourth-order valence-corrected chi connectivity index (χ4v) is 2.54. The number of Topliss-reactive ketones (excluding diaryl/α,β-unsaturated/α-hetero) is 1. The molecule has 18 heavy (non-hydrogen) atoms. The minimum Gasteiger partial charge on any atom is -0.293 e. The molecular formula is C14H14N2OS. The van der Waals surface area contributed by atoms with Crippen LogP contribution in [0.4, 0.5) is 0 Å². The van der Waals surface area contributed by atoms with Crippen LogP contribution in [0, 0.1) is 13.8 Å². The van der Waals surface area contributed by atoms with Crippen LogP contribution in [0.15, 0.2) is 40.4 Å². The van der Waals surface area contributed by atoms with Crippen LogP contribution in [0.3, 0.4) is 0 Å². The SMILES string of the molecule is CC(=O)c1ccc(Sc2cc(C)cc(C)n2)cn1. The number of nitrogens with zero attached hydrogens (tertiary/aromatic N) is 2. The number of carbonyl (C=O) groups is 1. The van der Waals surface area contributed by atoms with Crippen molar-refractivity contribution in [3.63, 3.8) is 0 Å². The minimum absolute atomic E-state index is 0.0175. The molecule has 0 saturated heterocycles. The van der Waals surface area contributed by atoms with Crippen molar-refractivity contribution in [3.05, 3.63) is 47.4 Å². The Morgan fingerprint density at radius 1 is 1.22 bits per heavy atom. The van der Waals surface area contributed by atoms with Gasteiger partial charge in [0.05, 0.1) is 0 Å². The Kier molecular flexibility index (Phi) is 3.77. The highest BCUT2D eigenvalue weighted by Crippen LogP contribution is 2.26. The fourth-order valence-electron chi connectivity index (χ4n) is 1.63. The number of hydrogen-bond acceptors (Lipinski definition) is 4. The van der Waals surface area contributed by atoms with Gasteiger partial charge in [-0.25, -0.2) is 4.98 Å². The maximum atomic E-state index is 11.1. The standard InChI is InChI=1S/C14H14N2OS/c1-9-6-10(2)16-14(7-9)18-12-4-5-13(11(3)17)15-8-12/h4-8H,1-3H3. The molecule has 0 fully saturated rings. The smallest absolute Gasteiger partial charge is 0.178 e. The summed E-state index contributed by atoms with van der Waals surface area (Å²) >= 11 is 1.55. The van der Waals surface area contributed by atoms with E-state index in [2.05, 4.69) is 16.9 Å². The predicted molar refractivity (Wildman–Crippen MR) is 72.1 cm³/mol. The molecule has 3 nitrogen and oxygen atoms in total. The van der Waals surface area contributed by atoms with E-state index >= 15 is 0 Å². The lowest BCUT2D eigenvalue weighted by Crippen LogP contribution is -1.95. The molecule has 4 heteroatoms. The lowest BCUT2D eigenvalue weighted by Gasteiger charge is -2.04. The van der Waals surface area contributed by atoms with Crippen molar-refractivity contribution < 1.29 is 4.79 Å². The summed E-state index contributed by atoms with van der Waals surface area (Å²) in [7, 11) is 0. The molecule has 0 unspecified atom stereocenters. The van der Waals surface area contributed by atoms with Gasteiger partial charge in [0.1, 0.15) is 10.7 Å². The van der Waals surface area contributed by atoms with Gasteiger partial charge in [0.2, 0.25) is 0 Å². The quantitative estimate of drug-likeness (QED) is 0.791. The van der Waals surface area contributed by atoms with Gasteiger partial charge in [-0.05, 0) is 43.7 Å². The number of aromatic nitrogens is 2. The molecule has 2 aromatic heterocycles.